The molecule has 0 heterocycles. The summed E-state index contributed by atoms with van der Waals surface area (Å²) in [5.74, 6) is -0.295. The largest absolute Gasteiger partial charge is 0.322 e. The van der Waals surface area contributed by atoms with Gasteiger partial charge in [0.2, 0.25) is 5.91 Å². The van der Waals surface area contributed by atoms with Gasteiger partial charge in [0.15, 0.2) is 0 Å². The van der Waals surface area contributed by atoms with Gasteiger partial charge in [0, 0.05) is 17.8 Å². The van der Waals surface area contributed by atoms with Crippen molar-refractivity contribution in [3.63, 3.8) is 0 Å². The summed E-state index contributed by atoms with van der Waals surface area (Å²) in [6.45, 7) is 3.95. The van der Waals surface area contributed by atoms with Crippen molar-refractivity contribution >= 4 is 35.0 Å². The molecule has 0 bridgehead atoms. The minimum atomic E-state index is -0.555. The maximum Gasteiger partial charge on any atom is 0.288 e. The number of amides is 1. The highest BCUT2D eigenvalue weighted by Gasteiger charge is 2.12. The van der Waals surface area contributed by atoms with E-state index in [4.69, 9.17) is 11.6 Å². The van der Waals surface area contributed by atoms with Gasteiger partial charge in [-0.25, -0.2) is 0 Å². The van der Waals surface area contributed by atoms with E-state index in [-0.39, 0.29) is 16.6 Å². The Morgan fingerprint density at radius 1 is 1.33 bits per heavy atom. The lowest BCUT2D eigenvalue weighted by Crippen LogP contribution is -2.11. The predicted octanol–water partition coefficient (Wildman–Crippen LogP) is 4.77. The minimum absolute atomic E-state index is 0.0640. The maximum atomic E-state index is 12.1. The second kappa shape index (κ2) is 7.75. The van der Waals surface area contributed by atoms with Gasteiger partial charge in [-0.15, -0.1) is 0 Å². The van der Waals surface area contributed by atoms with Crippen molar-refractivity contribution in [3.8, 4) is 0 Å². The van der Waals surface area contributed by atoms with Crippen LogP contribution >= 0.6 is 11.6 Å². The van der Waals surface area contributed by atoms with Gasteiger partial charge in [0.1, 0.15) is 5.02 Å². The lowest BCUT2D eigenvalue weighted by molar-refractivity contribution is -0.384. The van der Waals surface area contributed by atoms with Crippen LogP contribution in [0.15, 0.2) is 42.5 Å². The first kappa shape index (κ1) is 17.7. The summed E-state index contributed by atoms with van der Waals surface area (Å²) in [7, 11) is 0. The van der Waals surface area contributed by atoms with E-state index in [2.05, 4.69) is 5.32 Å². The SMILES string of the molecule is CCc1cccc(C)c1NC(=O)/C=C/c1ccc(Cl)c([N+](=O)[O-])c1. The zero-order valence-electron chi connectivity index (χ0n) is 13.4. The van der Waals surface area contributed by atoms with Crippen LogP contribution in [0.3, 0.4) is 0 Å². The Balaban J connectivity index is 2.17. The van der Waals surface area contributed by atoms with Gasteiger partial charge < -0.3 is 5.32 Å². The van der Waals surface area contributed by atoms with E-state index >= 15 is 0 Å². The summed E-state index contributed by atoms with van der Waals surface area (Å²) in [5.41, 5.74) is 3.18. The fraction of sp³-hybridized carbons (Fsp3) is 0.167. The highest BCUT2D eigenvalue weighted by atomic mass is 35.5. The number of nitrogens with zero attached hydrogens (tertiary/aromatic N) is 1. The molecule has 0 saturated carbocycles. The molecule has 2 rings (SSSR count). The number of hydrogen-bond donors (Lipinski definition) is 1. The molecule has 0 spiro atoms. The van der Waals surface area contributed by atoms with E-state index in [1.54, 1.807) is 6.07 Å². The molecule has 0 fully saturated rings. The molecule has 5 nitrogen and oxygen atoms in total. The average molecular weight is 345 g/mol. The molecule has 2 aromatic carbocycles. The van der Waals surface area contributed by atoms with Gasteiger partial charge in [-0.2, -0.15) is 0 Å². The first-order chi connectivity index (χ1) is 11.4. The van der Waals surface area contributed by atoms with Crippen LogP contribution in [0.4, 0.5) is 11.4 Å². The van der Waals surface area contributed by atoms with Gasteiger partial charge >= 0.3 is 0 Å². The Bertz CT molecular complexity index is 816. The van der Waals surface area contributed by atoms with E-state index in [9.17, 15) is 14.9 Å². The average Bonchev–Trinajstić information content (AvgIpc) is 2.55. The molecule has 2 aromatic rings. The van der Waals surface area contributed by atoms with Crippen LogP contribution < -0.4 is 5.32 Å². The summed E-state index contributed by atoms with van der Waals surface area (Å²) in [6, 6.07) is 10.2. The Hall–Kier alpha value is -2.66. The third-order valence-corrected chi connectivity index (χ3v) is 3.90. The quantitative estimate of drug-likeness (QED) is 0.482. The van der Waals surface area contributed by atoms with Crippen molar-refractivity contribution in [3.05, 3.63) is 74.3 Å². The summed E-state index contributed by atoms with van der Waals surface area (Å²) >= 11 is 5.77. The molecule has 1 amide bonds. The summed E-state index contributed by atoms with van der Waals surface area (Å²) in [6.07, 6.45) is 3.67. The molecule has 0 radical (unpaired) electrons. The molecule has 0 aromatic heterocycles. The lowest BCUT2D eigenvalue weighted by Gasteiger charge is -2.11. The van der Waals surface area contributed by atoms with Crippen LogP contribution in [0.25, 0.3) is 6.08 Å². The van der Waals surface area contributed by atoms with Gasteiger partial charge in [-0.05, 0) is 42.2 Å². The number of hydrogen-bond acceptors (Lipinski definition) is 3. The summed E-state index contributed by atoms with van der Waals surface area (Å²) < 4.78 is 0. The number of carbonyl (C=O) groups excluding carboxylic acids is 1. The van der Waals surface area contributed by atoms with Crippen molar-refractivity contribution in [1.82, 2.24) is 0 Å². The number of benzene rings is 2. The highest BCUT2D eigenvalue weighted by Crippen LogP contribution is 2.25. The van der Waals surface area contributed by atoms with Crippen LogP contribution in [0.1, 0.15) is 23.6 Å². The summed E-state index contributed by atoms with van der Waals surface area (Å²) in [5, 5.41) is 13.8. The Labute approximate surface area is 145 Å². The first-order valence-corrected chi connectivity index (χ1v) is 7.81. The topological polar surface area (TPSA) is 72.2 Å². The number of rotatable bonds is 5. The van der Waals surface area contributed by atoms with Gasteiger partial charge in [0.25, 0.3) is 5.69 Å². The molecule has 0 unspecified atom stereocenters. The van der Waals surface area contributed by atoms with Crippen molar-refractivity contribution < 1.29 is 9.72 Å². The summed E-state index contributed by atoms with van der Waals surface area (Å²) in [4.78, 5) is 22.5. The number of anilines is 1. The van der Waals surface area contributed by atoms with Crippen LogP contribution in [0, 0.1) is 17.0 Å². The minimum Gasteiger partial charge on any atom is -0.322 e. The van der Waals surface area contributed by atoms with Gasteiger partial charge in [-0.1, -0.05) is 42.8 Å². The predicted molar refractivity (Wildman–Crippen MR) is 96.3 cm³/mol. The molecular formula is C18H17ClN2O3. The second-order valence-electron chi connectivity index (χ2n) is 5.25. The van der Waals surface area contributed by atoms with Crippen molar-refractivity contribution in [2.45, 2.75) is 20.3 Å². The molecule has 24 heavy (non-hydrogen) atoms. The molecule has 6 heteroatoms. The molecule has 0 saturated heterocycles. The zero-order valence-corrected chi connectivity index (χ0v) is 14.1. The van der Waals surface area contributed by atoms with Crippen LogP contribution in [-0.4, -0.2) is 10.8 Å². The zero-order chi connectivity index (χ0) is 17.7. The Morgan fingerprint density at radius 2 is 2.08 bits per heavy atom. The number of halogens is 1. The van der Waals surface area contributed by atoms with E-state index in [1.807, 2.05) is 32.0 Å². The van der Waals surface area contributed by atoms with Crippen LogP contribution in [-0.2, 0) is 11.2 Å². The highest BCUT2D eigenvalue weighted by molar-refractivity contribution is 6.32. The van der Waals surface area contributed by atoms with E-state index < -0.39 is 4.92 Å². The van der Waals surface area contributed by atoms with E-state index in [0.29, 0.717) is 5.56 Å². The number of nitro benzene ring substituents is 1. The van der Waals surface area contributed by atoms with Gasteiger partial charge in [0.05, 0.1) is 4.92 Å². The molecule has 0 aliphatic carbocycles. The molecule has 124 valence electrons. The molecule has 0 aliphatic rings. The molecule has 0 atom stereocenters. The third kappa shape index (κ3) is 4.20. The standard InChI is InChI=1S/C18H17ClN2O3/c1-3-14-6-4-5-12(2)18(14)20-17(22)10-8-13-7-9-15(19)16(11-13)21(23)24/h4-11H,3H2,1-2H3,(H,20,22)/b10-8+. The Kier molecular flexibility index (Phi) is 5.71. The molecule has 1 N–H and O–H groups in total. The fourth-order valence-electron chi connectivity index (χ4n) is 2.31. The number of carbonyl (C=O) groups is 1. The number of nitrogens with one attached hydrogen (secondary N) is 1. The van der Waals surface area contributed by atoms with Crippen molar-refractivity contribution in [1.29, 1.82) is 0 Å². The maximum absolute atomic E-state index is 12.1. The van der Waals surface area contributed by atoms with Crippen LogP contribution in [0.2, 0.25) is 5.02 Å². The van der Waals surface area contributed by atoms with Crippen molar-refractivity contribution in [2.24, 2.45) is 0 Å². The third-order valence-electron chi connectivity index (χ3n) is 3.58. The number of para-hydroxylation sites is 1. The van der Waals surface area contributed by atoms with Gasteiger partial charge in [-0.3, -0.25) is 14.9 Å². The smallest absolute Gasteiger partial charge is 0.288 e. The van der Waals surface area contributed by atoms with E-state index in [0.717, 1.165) is 23.2 Å². The lowest BCUT2D eigenvalue weighted by atomic mass is 10.1. The normalized spacial score (nSPS) is 10.8. The van der Waals surface area contributed by atoms with E-state index in [1.165, 1.54) is 24.3 Å². The molecular weight excluding hydrogens is 328 g/mol. The van der Waals surface area contributed by atoms with Crippen molar-refractivity contribution in [2.75, 3.05) is 5.32 Å². The second-order valence-corrected chi connectivity index (χ2v) is 5.66. The first-order valence-electron chi connectivity index (χ1n) is 7.44. The number of nitro groups is 1. The molecule has 0 aliphatic heterocycles. The Morgan fingerprint density at radius 3 is 2.75 bits per heavy atom. The van der Waals surface area contributed by atoms with Crippen LogP contribution in [0.5, 0.6) is 0 Å². The fourth-order valence-corrected chi connectivity index (χ4v) is 2.50. The monoisotopic (exact) mass is 344 g/mol. The number of aryl methyl sites for hydroxylation is 2.